The zero-order valence-corrected chi connectivity index (χ0v) is 12.7. The Labute approximate surface area is 120 Å². The first kappa shape index (κ1) is 13.6. The highest BCUT2D eigenvalue weighted by molar-refractivity contribution is 5.81. The number of rotatable bonds is 2. The lowest BCUT2D eigenvalue weighted by Crippen LogP contribution is -2.46. The van der Waals surface area contributed by atoms with E-state index in [1.807, 2.05) is 11.7 Å². The Hall–Kier alpha value is -1.39. The lowest BCUT2D eigenvalue weighted by atomic mass is 10.1. The Morgan fingerprint density at radius 2 is 2.10 bits per heavy atom. The van der Waals surface area contributed by atoms with Crippen molar-refractivity contribution in [1.82, 2.24) is 20.0 Å². The normalized spacial score (nSPS) is 20.1. The van der Waals surface area contributed by atoms with Crippen molar-refractivity contribution >= 4 is 10.9 Å². The quantitative estimate of drug-likeness (QED) is 0.909. The van der Waals surface area contributed by atoms with E-state index in [-0.39, 0.29) is 5.54 Å². The molecule has 1 saturated heterocycles. The molecular formula is C16H24N4. The van der Waals surface area contributed by atoms with Gasteiger partial charge in [-0.05, 0) is 39.4 Å². The number of nitrogens with one attached hydrogen (secondary N) is 1. The smallest absolute Gasteiger partial charge is 0.0843 e. The fourth-order valence-electron chi connectivity index (χ4n) is 3.18. The number of para-hydroxylation sites is 1. The van der Waals surface area contributed by atoms with E-state index >= 15 is 0 Å². The second kappa shape index (κ2) is 5.19. The average molecular weight is 272 g/mol. The highest BCUT2D eigenvalue weighted by atomic mass is 15.3. The van der Waals surface area contributed by atoms with E-state index in [1.165, 1.54) is 23.0 Å². The molecule has 1 aromatic carbocycles. The maximum atomic E-state index is 4.72. The van der Waals surface area contributed by atoms with E-state index in [0.29, 0.717) is 0 Å². The molecule has 0 unspecified atom stereocenters. The molecule has 2 aromatic rings. The molecule has 0 bridgehead atoms. The van der Waals surface area contributed by atoms with Crippen LogP contribution >= 0.6 is 0 Å². The van der Waals surface area contributed by atoms with Gasteiger partial charge in [-0.3, -0.25) is 9.58 Å². The van der Waals surface area contributed by atoms with Gasteiger partial charge in [0.1, 0.15) is 0 Å². The van der Waals surface area contributed by atoms with Gasteiger partial charge < -0.3 is 5.32 Å². The predicted octanol–water partition coefficient (Wildman–Crippen LogP) is 2.15. The van der Waals surface area contributed by atoms with Crippen LogP contribution in [0.15, 0.2) is 24.3 Å². The van der Waals surface area contributed by atoms with E-state index in [1.54, 1.807) is 0 Å². The molecule has 0 amide bonds. The van der Waals surface area contributed by atoms with Gasteiger partial charge >= 0.3 is 0 Å². The Balaban J connectivity index is 1.85. The Kier molecular flexibility index (Phi) is 3.52. The maximum Gasteiger partial charge on any atom is 0.0843 e. The highest BCUT2D eigenvalue weighted by Gasteiger charge is 2.24. The topological polar surface area (TPSA) is 33.1 Å². The fourth-order valence-corrected chi connectivity index (χ4v) is 3.18. The van der Waals surface area contributed by atoms with Crippen LogP contribution in [-0.2, 0) is 13.6 Å². The van der Waals surface area contributed by atoms with Crippen LogP contribution in [0.3, 0.4) is 0 Å². The lowest BCUT2D eigenvalue weighted by Gasteiger charge is -2.29. The SMILES string of the molecule is Cn1nc(CN2CCCNC(C)(C)C2)c2ccccc21. The summed E-state index contributed by atoms with van der Waals surface area (Å²) < 4.78 is 1.99. The molecule has 1 aliphatic rings. The Morgan fingerprint density at radius 1 is 1.30 bits per heavy atom. The van der Waals surface area contributed by atoms with Crippen molar-refractivity contribution in [2.24, 2.45) is 7.05 Å². The molecule has 0 spiro atoms. The molecule has 0 aliphatic carbocycles. The van der Waals surface area contributed by atoms with Crippen LogP contribution in [0.1, 0.15) is 26.0 Å². The molecule has 0 saturated carbocycles. The molecule has 1 aromatic heterocycles. The molecule has 3 rings (SSSR count). The zero-order chi connectivity index (χ0) is 14.2. The first-order valence-corrected chi connectivity index (χ1v) is 7.43. The predicted molar refractivity (Wildman–Crippen MR) is 82.7 cm³/mol. The van der Waals surface area contributed by atoms with Gasteiger partial charge in [0, 0.05) is 31.1 Å². The van der Waals surface area contributed by atoms with Crippen molar-refractivity contribution in [1.29, 1.82) is 0 Å². The van der Waals surface area contributed by atoms with Crippen LogP contribution in [-0.4, -0.2) is 39.9 Å². The number of hydrogen-bond acceptors (Lipinski definition) is 3. The van der Waals surface area contributed by atoms with Crippen molar-refractivity contribution in [2.75, 3.05) is 19.6 Å². The molecule has 4 heteroatoms. The number of fused-ring (bicyclic) bond motifs is 1. The van der Waals surface area contributed by atoms with E-state index in [2.05, 4.69) is 48.3 Å². The monoisotopic (exact) mass is 272 g/mol. The summed E-state index contributed by atoms with van der Waals surface area (Å²) >= 11 is 0. The third-order valence-corrected chi connectivity index (χ3v) is 4.08. The third-order valence-electron chi connectivity index (χ3n) is 4.08. The second-order valence-electron chi connectivity index (χ2n) is 6.46. The summed E-state index contributed by atoms with van der Waals surface area (Å²) in [5.41, 5.74) is 2.59. The zero-order valence-electron chi connectivity index (χ0n) is 12.7. The molecule has 20 heavy (non-hydrogen) atoms. The summed E-state index contributed by atoms with van der Waals surface area (Å²) in [6.45, 7) is 8.81. The summed E-state index contributed by atoms with van der Waals surface area (Å²) in [6, 6.07) is 8.49. The summed E-state index contributed by atoms with van der Waals surface area (Å²) in [4.78, 5) is 2.52. The Morgan fingerprint density at radius 3 is 2.95 bits per heavy atom. The van der Waals surface area contributed by atoms with E-state index in [4.69, 9.17) is 5.10 Å². The second-order valence-corrected chi connectivity index (χ2v) is 6.46. The van der Waals surface area contributed by atoms with Crippen LogP contribution < -0.4 is 5.32 Å². The molecule has 0 atom stereocenters. The first-order valence-electron chi connectivity index (χ1n) is 7.43. The molecular weight excluding hydrogens is 248 g/mol. The van der Waals surface area contributed by atoms with Crippen LogP contribution in [0.5, 0.6) is 0 Å². The van der Waals surface area contributed by atoms with Gasteiger partial charge in [-0.1, -0.05) is 18.2 Å². The molecule has 4 nitrogen and oxygen atoms in total. The van der Waals surface area contributed by atoms with Crippen molar-refractivity contribution in [3.63, 3.8) is 0 Å². The third kappa shape index (κ3) is 2.72. The molecule has 1 aliphatic heterocycles. The van der Waals surface area contributed by atoms with Gasteiger partial charge in [0.25, 0.3) is 0 Å². The summed E-state index contributed by atoms with van der Waals surface area (Å²) in [6.07, 6.45) is 1.20. The number of nitrogens with zero attached hydrogens (tertiary/aromatic N) is 3. The maximum absolute atomic E-state index is 4.72. The van der Waals surface area contributed by atoms with Crippen LogP contribution in [0.25, 0.3) is 10.9 Å². The minimum absolute atomic E-state index is 0.182. The number of aromatic nitrogens is 2. The highest BCUT2D eigenvalue weighted by Crippen LogP contribution is 2.20. The lowest BCUT2D eigenvalue weighted by molar-refractivity contribution is 0.222. The van der Waals surface area contributed by atoms with Crippen LogP contribution in [0.4, 0.5) is 0 Å². The van der Waals surface area contributed by atoms with Gasteiger partial charge in [0.05, 0.1) is 11.2 Å². The van der Waals surface area contributed by atoms with Crippen LogP contribution in [0, 0.1) is 0 Å². The largest absolute Gasteiger partial charge is 0.310 e. The average Bonchev–Trinajstić information content (AvgIpc) is 2.60. The Bertz CT molecular complexity index is 600. The van der Waals surface area contributed by atoms with Crippen molar-refractivity contribution in [3.8, 4) is 0 Å². The summed E-state index contributed by atoms with van der Waals surface area (Å²) in [5, 5.41) is 9.61. The van der Waals surface area contributed by atoms with E-state index < -0.39 is 0 Å². The molecule has 108 valence electrons. The summed E-state index contributed by atoms with van der Waals surface area (Å²) in [7, 11) is 2.03. The molecule has 0 radical (unpaired) electrons. The standard InChI is InChI=1S/C16H24N4/c1-16(2)12-20(10-6-9-17-16)11-14-13-7-4-5-8-15(13)19(3)18-14/h4-5,7-8,17H,6,9-12H2,1-3H3. The van der Waals surface area contributed by atoms with Gasteiger partial charge in [0.15, 0.2) is 0 Å². The molecule has 1 N–H and O–H groups in total. The van der Waals surface area contributed by atoms with E-state index in [0.717, 1.165) is 26.2 Å². The van der Waals surface area contributed by atoms with Crippen molar-refractivity contribution < 1.29 is 0 Å². The molecule has 2 heterocycles. The minimum Gasteiger partial charge on any atom is -0.310 e. The van der Waals surface area contributed by atoms with Gasteiger partial charge in [-0.15, -0.1) is 0 Å². The van der Waals surface area contributed by atoms with Crippen molar-refractivity contribution in [2.45, 2.75) is 32.4 Å². The van der Waals surface area contributed by atoms with E-state index in [9.17, 15) is 0 Å². The van der Waals surface area contributed by atoms with Gasteiger partial charge in [0.2, 0.25) is 0 Å². The number of aryl methyl sites for hydroxylation is 1. The van der Waals surface area contributed by atoms with Crippen molar-refractivity contribution in [3.05, 3.63) is 30.0 Å². The first-order chi connectivity index (χ1) is 9.55. The van der Waals surface area contributed by atoms with Crippen LogP contribution in [0.2, 0.25) is 0 Å². The number of hydrogen-bond donors (Lipinski definition) is 1. The minimum atomic E-state index is 0.182. The van der Waals surface area contributed by atoms with Gasteiger partial charge in [-0.2, -0.15) is 5.10 Å². The molecule has 1 fully saturated rings. The number of benzene rings is 1. The fraction of sp³-hybridized carbons (Fsp3) is 0.562. The summed E-state index contributed by atoms with van der Waals surface area (Å²) in [5.74, 6) is 0. The van der Waals surface area contributed by atoms with Gasteiger partial charge in [-0.25, -0.2) is 0 Å².